The van der Waals surface area contributed by atoms with Gasteiger partial charge in [0.2, 0.25) is 0 Å². The van der Waals surface area contributed by atoms with Crippen LogP contribution in [-0.4, -0.2) is 35.9 Å². The van der Waals surface area contributed by atoms with Gasteiger partial charge in [0.05, 0.1) is 5.60 Å². The first kappa shape index (κ1) is 18.9. The Bertz CT molecular complexity index is 728. The molecule has 1 heterocycles. The lowest BCUT2D eigenvalue weighted by molar-refractivity contribution is -0.172. The summed E-state index contributed by atoms with van der Waals surface area (Å²) in [5.74, 6) is 1.35. The molecule has 0 aromatic heterocycles. The minimum Gasteiger partial charge on any atom is -0.390 e. The predicted octanol–water partition coefficient (Wildman–Crippen LogP) is 4.41. The molecular formula is C24H35FN2O. The zero-order valence-electron chi connectivity index (χ0n) is 17.4. The SMILES string of the molecule is Cc1cc(F)ccc1N1CCC(NC(C)C23CC4CC(CC(O)(C4)C2)C3)CC1. The van der Waals surface area contributed by atoms with Gasteiger partial charge in [-0.05, 0) is 106 Å². The Balaban J connectivity index is 1.21. The van der Waals surface area contributed by atoms with E-state index in [0.29, 0.717) is 17.5 Å². The fourth-order valence-corrected chi connectivity index (χ4v) is 7.58. The zero-order valence-corrected chi connectivity index (χ0v) is 17.4. The number of aryl methyl sites for hydroxylation is 1. The van der Waals surface area contributed by atoms with Crippen molar-refractivity contribution in [2.75, 3.05) is 18.0 Å². The summed E-state index contributed by atoms with van der Waals surface area (Å²) in [5, 5.41) is 15.1. The molecule has 4 bridgehead atoms. The number of piperidine rings is 1. The molecule has 3 nitrogen and oxygen atoms in total. The minimum atomic E-state index is -0.372. The quantitative estimate of drug-likeness (QED) is 0.804. The van der Waals surface area contributed by atoms with E-state index in [4.69, 9.17) is 0 Å². The molecule has 1 aromatic carbocycles. The maximum atomic E-state index is 13.4. The van der Waals surface area contributed by atoms with Gasteiger partial charge < -0.3 is 15.3 Å². The Labute approximate surface area is 168 Å². The van der Waals surface area contributed by atoms with Crippen LogP contribution in [0.1, 0.15) is 63.9 Å². The number of nitrogens with one attached hydrogen (secondary N) is 1. The fraction of sp³-hybridized carbons (Fsp3) is 0.750. The summed E-state index contributed by atoms with van der Waals surface area (Å²) in [7, 11) is 0. The molecule has 28 heavy (non-hydrogen) atoms. The van der Waals surface area contributed by atoms with E-state index < -0.39 is 0 Å². The average molecular weight is 387 g/mol. The van der Waals surface area contributed by atoms with Crippen molar-refractivity contribution in [3.05, 3.63) is 29.6 Å². The highest BCUT2D eigenvalue weighted by Crippen LogP contribution is 2.62. The Kier molecular flexibility index (Phi) is 4.52. The Morgan fingerprint density at radius 1 is 1.14 bits per heavy atom. The molecule has 1 aliphatic heterocycles. The molecule has 0 amide bonds. The highest BCUT2D eigenvalue weighted by Gasteiger charge is 2.58. The second-order valence-electron chi connectivity index (χ2n) is 10.6. The third-order valence-electron chi connectivity index (χ3n) is 8.47. The first-order valence-corrected chi connectivity index (χ1v) is 11.3. The number of nitrogens with zero attached hydrogens (tertiary/aromatic N) is 1. The molecule has 2 N–H and O–H groups in total. The van der Waals surface area contributed by atoms with E-state index >= 15 is 0 Å². The highest BCUT2D eigenvalue weighted by atomic mass is 19.1. The van der Waals surface area contributed by atoms with Crippen LogP contribution in [0.4, 0.5) is 10.1 Å². The predicted molar refractivity (Wildman–Crippen MR) is 111 cm³/mol. The summed E-state index contributed by atoms with van der Waals surface area (Å²) in [6.07, 6.45) is 9.35. The van der Waals surface area contributed by atoms with Crippen LogP contribution in [0.15, 0.2) is 18.2 Å². The lowest BCUT2D eigenvalue weighted by Gasteiger charge is -2.62. The fourth-order valence-electron chi connectivity index (χ4n) is 7.58. The third-order valence-corrected chi connectivity index (χ3v) is 8.47. The molecule has 3 atom stereocenters. The standard InChI is InChI=1S/C24H35FN2O/c1-16-9-20(25)3-4-22(16)27-7-5-21(6-8-27)26-17(2)23-11-18-10-19(12-23)14-24(28,13-18)15-23/h3-4,9,17-19,21,26,28H,5-8,10-15H2,1-2H3. The van der Waals surface area contributed by atoms with Gasteiger partial charge in [0.25, 0.3) is 0 Å². The molecule has 5 fully saturated rings. The van der Waals surface area contributed by atoms with E-state index in [2.05, 4.69) is 17.1 Å². The first-order valence-electron chi connectivity index (χ1n) is 11.3. The molecule has 4 aliphatic carbocycles. The van der Waals surface area contributed by atoms with E-state index in [1.807, 2.05) is 13.0 Å². The van der Waals surface area contributed by atoms with Crippen molar-refractivity contribution in [1.82, 2.24) is 5.32 Å². The number of hydrogen-bond donors (Lipinski definition) is 2. The molecule has 0 spiro atoms. The summed E-state index contributed by atoms with van der Waals surface area (Å²) >= 11 is 0. The molecule has 6 rings (SSSR count). The topological polar surface area (TPSA) is 35.5 Å². The van der Waals surface area contributed by atoms with E-state index in [1.54, 1.807) is 12.1 Å². The monoisotopic (exact) mass is 386 g/mol. The second-order valence-corrected chi connectivity index (χ2v) is 10.6. The van der Waals surface area contributed by atoms with Crippen LogP contribution in [0.5, 0.6) is 0 Å². The van der Waals surface area contributed by atoms with Gasteiger partial charge in [-0.1, -0.05) is 0 Å². The molecule has 0 radical (unpaired) electrons. The van der Waals surface area contributed by atoms with E-state index in [0.717, 1.165) is 62.6 Å². The Hall–Kier alpha value is -1.13. The molecular weight excluding hydrogens is 351 g/mol. The van der Waals surface area contributed by atoms with Crippen molar-refractivity contribution in [2.24, 2.45) is 17.3 Å². The minimum absolute atomic E-state index is 0.149. The van der Waals surface area contributed by atoms with Gasteiger partial charge in [-0.2, -0.15) is 0 Å². The normalized spacial score (nSPS) is 38.8. The smallest absolute Gasteiger partial charge is 0.123 e. The summed E-state index contributed by atoms with van der Waals surface area (Å²) in [6.45, 7) is 6.44. The Morgan fingerprint density at radius 2 is 1.82 bits per heavy atom. The van der Waals surface area contributed by atoms with Crippen molar-refractivity contribution < 1.29 is 9.50 Å². The van der Waals surface area contributed by atoms with E-state index in [1.165, 1.54) is 24.9 Å². The van der Waals surface area contributed by atoms with Crippen molar-refractivity contribution in [3.8, 4) is 0 Å². The number of rotatable bonds is 4. The van der Waals surface area contributed by atoms with E-state index in [9.17, 15) is 9.50 Å². The molecule has 5 aliphatic rings. The van der Waals surface area contributed by atoms with Gasteiger partial charge in [-0.3, -0.25) is 0 Å². The van der Waals surface area contributed by atoms with Crippen LogP contribution >= 0.6 is 0 Å². The molecule has 1 aromatic rings. The van der Waals surface area contributed by atoms with Crippen LogP contribution in [-0.2, 0) is 0 Å². The second kappa shape index (κ2) is 6.70. The number of benzene rings is 1. The largest absolute Gasteiger partial charge is 0.390 e. The van der Waals surface area contributed by atoms with Crippen LogP contribution < -0.4 is 10.2 Å². The maximum absolute atomic E-state index is 13.4. The van der Waals surface area contributed by atoms with Gasteiger partial charge >= 0.3 is 0 Å². The molecule has 4 saturated carbocycles. The van der Waals surface area contributed by atoms with Crippen molar-refractivity contribution >= 4 is 5.69 Å². The number of halogens is 1. The maximum Gasteiger partial charge on any atom is 0.123 e. The van der Waals surface area contributed by atoms with Gasteiger partial charge in [-0.15, -0.1) is 0 Å². The summed E-state index contributed by atoms with van der Waals surface area (Å²) in [5.41, 5.74) is 2.14. The first-order chi connectivity index (χ1) is 13.3. The lowest BCUT2D eigenvalue weighted by atomic mass is 9.46. The summed E-state index contributed by atoms with van der Waals surface area (Å²) in [4.78, 5) is 2.41. The molecule has 154 valence electrons. The van der Waals surface area contributed by atoms with Crippen LogP contribution in [0.25, 0.3) is 0 Å². The van der Waals surface area contributed by atoms with Crippen molar-refractivity contribution in [3.63, 3.8) is 0 Å². The number of aliphatic hydroxyl groups is 1. The molecule has 3 unspecified atom stereocenters. The summed E-state index contributed by atoms with van der Waals surface area (Å²) in [6, 6.07) is 6.17. The molecule has 1 saturated heterocycles. The average Bonchev–Trinajstić information content (AvgIpc) is 2.60. The molecule has 4 heteroatoms. The van der Waals surface area contributed by atoms with Crippen molar-refractivity contribution in [2.45, 2.75) is 82.9 Å². The summed E-state index contributed by atoms with van der Waals surface area (Å²) < 4.78 is 13.4. The van der Waals surface area contributed by atoms with Gasteiger partial charge in [0.1, 0.15) is 5.82 Å². The van der Waals surface area contributed by atoms with Crippen LogP contribution in [0.2, 0.25) is 0 Å². The van der Waals surface area contributed by atoms with Gasteiger partial charge in [-0.25, -0.2) is 4.39 Å². The number of anilines is 1. The van der Waals surface area contributed by atoms with E-state index in [-0.39, 0.29) is 11.4 Å². The van der Waals surface area contributed by atoms with Crippen LogP contribution in [0, 0.1) is 30.0 Å². The number of hydrogen-bond acceptors (Lipinski definition) is 3. The lowest BCUT2D eigenvalue weighted by Crippen LogP contribution is -2.62. The van der Waals surface area contributed by atoms with Crippen molar-refractivity contribution in [1.29, 1.82) is 0 Å². The van der Waals surface area contributed by atoms with Gasteiger partial charge in [0.15, 0.2) is 0 Å². The zero-order chi connectivity index (χ0) is 19.5. The highest BCUT2D eigenvalue weighted by molar-refractivity contribution is 5.53. The van der Waals surface area contributed by atoms with Gasteiger partial charge in [0, 0.05) is 30.9 Å². The third kappa shape index (κ3) is 3.27. The van der Waals surface area contributed by atoms with Crippen LogP contribution in [0.3, 0.4) is 0 Å². The Morgan fingerprint density at radius 3 is 2.43 bits per heavy atom.